The minimum absolute atomic E-state index is 0.0774. The first kappa shape index (κ1) is 40.2. The highest BCUT2D eigenvalue weighted by molar-refractivity contribution is 8.00. The molecule has 3 rings (SSSR count). The molecule has 50 heavy (non-hydrogen) atoms. The lowest BCUT2D eigenvalue weighted by Gasteiger charge is -2.39. The molecule has 0 radical (unpaired) electrons. The van der Waals surface area contributed by atoms with Gasteiger partial charge < -0.3 is 47.9 Å². The summed E-state index contributed by atoms with van der Waals surface area (Å²) in [5, 5.41) is 15.9. The summed E-state index contributed by atoms with van der Waals surface area (Å²) in [7, 11) is -4.83. The van der Waals surface area contributed by atoms with Gasteiger partial charge in [0, 0.05) is 18.7 Å². The van der Waals surface area contributed by atoms with E-state index in [2.05, 4.69) is 36.4 Å². The Hall–Kier alpha value is -4.23. The molecule has 2 fully saturated rings. The van der Waals surface area contributed by atoms with Crippen molar-refractivity contribution in [2.75, 3.05) is 24.6 Å². The van der Waals surface area contributed by atoms with Crippen LogP contribution in [0, 0.1) is 5.92 Å². The molecule has 0 aromatic heterocycles. The van der Waals surface area contributed by atoms with Gasteiger partial charge in [0.15, 0.2) is 0 Å². The Labute approximate surface area is 291 Å². The number of thioether (sulfide) groups is 1. The number of phosphoric ester groups is 1. The zero-order valence-corrected chi connectivity index (χ0v) is 29.1. The van der Waals surface area contributed by atoms with Crippen LogP contribution in [0.5, 0.6) is 5.75 Å². The number of hydrogen-bond donors (Lipinski definition) is 10. The molecular weight excluding hydrogens is 699 g/mol. The Balaban J connectivity index is 2.01. The lowest BCUT2D eigenvalue weighted by Crippen LogP contribution is -2.69. The molecule has 1 aromatic rings. The number of carbonyl (C=O) groups is 7. The average Bonchev–Trinajstić information content (AvgIpc) is 3.02. The molecular formula is C29H43N8O11PS. The molecule has 21 heteroatoms. The summed E-state index contributed by atoms with van der Waals surface area (Å²) in [6.07, 6.45) is -0.264. The summed E-state index contributed by atoms with van der Waals surface area (Å²) in [6.45, 7) is 3.67. The predicted molar refractivity (Wildman–Crippen MR) is 179 cm³/mol. The van der Waals surface area contributed by atoms with Crippen molar-refractivity contribution in [3.05, 3.63) is 29.8 Å². The van der Waals surface area contributed by atoms with Crippen LogP contribution in [0.1, 0.15) is 38.7 Å². The number of nitrogens with two attached hydrogens (primary N) is 2. The first-order valence-corrected chi connectivity index (χ1v) is 18.3. The Morgan fingerprint density at radius 1 is 0.980 bits per heavy atom. The van der Waals surface area contributed by atoms with E-state index in [1.54, 1.807) is 13.8 Å². The van der Waals surface area contributed by atoms with Gasteiger partial charge in [-0.3, -0.25) is 43.3 Å². The Bertz CT molecular complexity index is 1500. The van der Waals surface area contributed by atoms with E-state index >= 15 is 0 Å². The van der Waals surface area contributed by atoms with Crippen molar-refractivity contribution in [2.45, 2.75) is 69.2 Å². The number of phosphoric acid groups is 1. The van der Waals surface area contributed by atoms with Crippen LogP contribution in [0.15, 0.2) is 24.3 Å². The van der Waals surface area contributed by atoms with E-state index in [1.165, 1.54) is 24.3 Å². The lowest BCUT2D eigenvalue weighted by molar-refractivity contribution is -0.139. The van der Waals surface area contributed by atoms with Crippen molar-refractivity contribution in [1.82, 2.24) is 31.9 Å². The minimum Gasteiger partial charge on any atom is -0.404 e. The monoisotopic (exact) mass is 742 g/mol. The van der Waals surface area contributed by atoms with Gasteiger partial charge in [-0.25, -0.2) is 4.57 Å². The molecule has 5 atom stereocenters. The van der Waals surface area contributed by atoms with Gasteiger partial charge >= 0.3 is 7.82 Å². The van der Waals surface area contributed by atoms with Crippen LogP contribution >= 0.6 is 19.6 Å². The molecule has 1 spiro atoms. The predicted octanol–water partition coefficient (Wildman–Crippen LogP) is -3.36. The normalized spacial score (nSPS) is 26.4. The van der Waals surface area contributed by atoms with E-state index in [0.717, 1.165) is 11.8 Å². The molecule has 276 valence electrons. The number of benzene rings is 1. The van der Waals surface area contributed by atoms with Gasteiger partial charge in [-0.15, -0.1) is 11.8 Å². The molecule has 2 aliphatic rings. The SMILES string of the molecule is CC(C)[C@@H]1NC(=O)[C@H](CC(N)=O)NC(=O)C2(CCCNC2)NC(=O)[C@H](Cc2ccc(OP(=O)(O)O)cc2)NC(=O)CSC[C@@H](C(N)=O)NC1=O. The number of primary amides is 2. The number of carbonyl (C=O) groups excluding carboxylic acids is 7. The largest absolute Gasteiger partial charge is 0.524 e. The average molecular weight is 743 g/mol. The molecule has 2 aliphatic heterocycles. The van der Waals surface area contributed by atoms with Crippen LogP contribution in [0.25, 0.3) is 0 Å². The minimum atomic E-state index is -4.83. The van der Waals surface area contributed by atoms with E-state index < -0.39 is 91.2 Å². The van der Waals surface area contributed by atoms with Gasteiger partial charge in [-0.05, 0) is 43.0 Å². The smallest absolute Gasteiger partial charge is 0.404 e. The molecule has 2 saturated heterocycles. The van der Waals surface area contributed by atoms with E-state index in [0.29, 0.717) is 18.5 Å². The number of amides is 7. The zero-order chi connectivity index (χ0) is 37.2. The van der Waals surface area contributed by atoms with Crippen LogP contribution in [0.3, 0.4) is 0 Å². The molecule has 1 aromatic carbocycles. The van der Waals surface area contributed by atoms with Gasteiger partial charge in [0.2, 0.25) is 41.4 Å². The van der Waals surface area contributed by atoms with E-state index in [-0.39, 0.29) is 36.6 Å². The van der Waals surface area contributed by atoms with Gasteiger partial charge in [0.1, 0.15) is 35.5 Å². The fourth-order valence-corrected chi connectivity index (χ4v) is 6.58. The van der Waals surface area contributed by atoms with Gasteiger partial charge in [0.05, 0.1) is 12.2 Å². The van der Waals surface area contributed by atoms with Gasteiger partial charge in [-0.1, -0.05) is 26.0 Å². The Morgan fingerprint density at radius 2 is 1.66 bits per heavy atom. The third-order valence-electron chi connectivity index (χ3n) is 7.87. The second kappa shape index (κ2) is 17.6. The third kappa shape index (κ3) is 12.0. The standard InChI is InChI=1S/C29H43N8O11PS/c1-15(2)23-27(43)34-20(24(31)40)12-50-13-22(39)33-18(10-16-4-6-17(7-5-16)48-49(45,46)47)26(42)37-29(8-3-9-32-14-29)28(44)35-19(11-21(30)38)25(41)36-23/h4-7,15,18-20,23,32H,3,8-14H2,1-2H3,(H2,30,38)(H2,31,40)(H,33,39)(H,34,43)(H,35,44)(H,36,41)(H,37,42)(H2,45,46,47)/t18-,19-,20-,23-,29?/m0/s1. The maximum Gasteiger partial charge on any atom is 0.524 e. The molecule has 7 amide bonds. The first-order chi connectivity index (χ1) is 23.4. The molecule has 0 saturated carbocycles. The van der Waals surface area contributed by atoms with E-state index in [4.69, 9.17) is 21.3 Å². The van der Waals surface area contributed by atoms with Crippen molar-refractivity contribution in [3.63, 3.8) is 0 Å². The molecule has 1 unspecified atom stereocenters. The molecule has 0 bridgehead atoms. The number of nitrogens with one attached hydrogen (secondary N) is 6. The summed E-state index contributed by atoms with van der Waals surface area (Å²) in [5.41, 5.74) is 9.68. The zero-order valence-electron chi connectivity index (χ0n) is 27.4. The second-order valence-corrected chi connectivity index (χ2v) is 14.5. The van der Waals surface area contributed by atoms with Gasteiger partial charge in [-0.2, -0.15) is 0 Å². The molecule has 19 nitrogen and oxygen atoms in total. The van der Waals surface area contributed by atoms with Crippen LogP contribution < -0.4 is 47.9 Å². The number of hydrogen-bond acceptors (Lipinski definition) is 11. The topological polar surface area (TPSA) is 310 Å². The number of rotatable bonds is 8. The summed E-state index contributed by atoms with van der Waals surface area (Å²) >= 11 is 0.937. The van der Waals surface area contributed by atoms with Crippen molar-refractivity contribution in [3.8, 4) is 5.75 Å². The summed E-state index contributed by atoms with van der Waals surface area (Å²) in [4.78, 5) is 110. The molecule has 2 heterocycles. The maximum absolute atomic E-state index is 13.9. The fraction of sp³-hybridized carbons (Fsp3) is 0.552. The number of piperidine rings is 1. The molecule has 12 N–H and O–H groups in total. The highest BCUT2D eigenvalue weighted by Gasteiger charge is 2.44. The second-order valence-electron chi connectivity index (χ2n) is 12.3. The van der Waals surface area contributed by atoms with Crippen molar-refractivity contribution in [2.24, 2.45) is 17.4 Å². The van der Waals surface area contributed by atoms with Crippen LogP contribution in [-0.2, 0) is 44.5 Å². The lowest BCUT2D eigenvalue weighted by atomic mass is 9.87. The van der Waals surface area contributed by atoms with Crippen molar-refractivity contribution >= 4 is 60.9 Å². The highest BCUT2D eigenvalue weighted by atomic mass is 32.2. The summed E-state index contributed by atoms with van der Waals surface area (Å²) in [5.74, 6) is -6.88. The van der Waals surface area contributed by atoms with Crippen LogP contribution in [-0.4, -0.2) is 105 Å². The van der Waals surface area contributed by atoms with E-state index in [1.807, 2.05) is 0 Å². The maximum atomic E-state index is 13.9. The summed E-state index contributed by atoms with van der Waals surface area (Å²) < 4.78 is 15.8. The Kier molecular flexibility index (Phi) is 14.2. The van der Waals surface area contributed by atoms with Crippen molar-refractivity contribution in [1.29, 1.82) is 0 Å². The third-order valence-corrected chi connectivity index (χ3v) is 9.36. The highest BCUT2D eigenvalue weighted by Crippen LogP contribution is 2.37. The van der Waals surface area contributed by atoms with Crippen LogP contribution in [0.4, 0.5) is 0 Å². The first-order valence-electron chi connectivity index (χ1n) is 15.6. The van der Waals surface area contributed by atoms with Crippen LogP contribution in [0.2, 0.25) is 0 Å². The fourth-order valence-electron chi connectivity index (χ4n) is 5.31. The molecule has 0 aliphatic carbocycles. The van der Waals surface area contributed by atoms with E-state index in [9.17, 15) is 38.1 Å². The van der Waals surface area contributed by atoms with Gasteiger partial charge in [0.25, 0.3) is 0 Å². The Morgan fingerprint density at radius 3 is 2.22 bits per heavy atom. The summed E-state index contributed by atoms with van der Waals surface area (Å²) in [6, 6.07) is 0.0199. The van der Waals surface area contributed by atoms with Crippen molar-refractivity contribution < 1.29 is 52.4 Å². The quantitative estimate of drug-likeness (QED) is 0.117.